The van der Waals surface area contributed by atoms with Crippen LogP contribution in [0.15, 0.2) is 52.2 Å². The molecule has 0 radical (unpaired) electrons. The van der Waals surface area contributed by atoms with Crippen molar-refractivity contribution in [2.45, 2.75) is 38.6 Å². The first kappa shape index (κ1) is 20.4. The Balaban J connectivity index is 1.39. The van der Waals surface area contributed by atoms with E-state index in [-0.39, 0.29) is 6.04 Å². The molecule has 3 aromatic rings. The Hall–Kier alpha value is -2.87. The third-order valence-electron chi connectivity index (χ3n) is 5.49. The summed E-state index contributed by atoms with van der Waals surface area (Å²) in [7, 11) is 0. The molecule has 0 aliphatic carbocycles. The van der Waals surface area contributed by atoms with Crippen LogP contribution in [0.5, 0.6) is 0 Å². The lowest BCUT2D eigenvalue weighted by atomic mass is 10.1. The fourth-order valence-corrected chi connectivity index (χ4v) is 3.97. The molecule has 1 atom stereocenters. The average molecular weight is 410 g/mol. The van der Waals surface area contributed by atoms with Crippen molar-refractivity contribution in [1.82, 2.24) is 30.1 Å². The van der Waals surface area contributed by atoms with Crippen LogP contribution in [0, 0.1) is 0 Å². The fraction of sp³-hybridized carbons (Fsp3) is 0.500. The van der Waals surface area contributed by atoms with Crippen molar-refractivity contribution in [2.75, 3.05) is 32.7 Å². The predicted molar refractivity (Wildman–Crippen MR) is 118 cm³/mol. The Morgan fingerprint density at radius 1 is 1.13 bits per heavy atom. The smallest absolute Gasteiger partial charge is 0.191 e. The van der Waals surface area contributed by atoms with Gasteiger partial charge in [-0.25, -0.2) is 0 Å². The molecule has 30 heavy (non-hydrogen) atoms. The van der Waals surface area contributed by atoms with Gasteiger partial charge in [0.05, 0.1) is 18.8 Å². The third kappa shape index (κ3) is 4.99. The van der Waals surface area contributed by atoms with Gasteiger partial charge in [0, 0.05) is 25.7 Å². The molecule has 160 valence electrons. The van der Waals surface area contributed by atoms with Gasteiger partial charge < -0.3 is 15.1 Å². The summed E-state index contributed by atoms with van der Waals surface area (Å²) in [5.74, 6) is 2.75. The highest BCUT2D eigenvalue weighted by Crippen LogP contribution is 2.25. The zero-order valence-electron chi connectivity index (χ0n) is 17.6. The Kier molecular flexibility index (Phi) is 6.97. The highest BCUT2D eigenvalue weighted by Gasteiger charge is 2.24. The van der Waals surface area contributed by atoms with Crippen LogP contribution >= 0.6 is 0 Å². The zero-order valence-corrected chi connectivity index (χ0v) is 17.6. The first-order chi connectivity index (χ1) is 14.8. The maximum atomic E-state index is 5.74. The lowest BCUT2D eigenvalue weighted by Crippen LogP contribution is -2.40. The van der Waals surface area contributed by atoms with Gasteiger partial charge in [0.1, 0.15) is 11.6 Å². The summed E-state index contributed by atoms with van der Waals surface area (Å²) in [6.45, 7) is 6.50. The number of likely N-dealkylation sites (tertiary alicyclic amines) is 1. The van der Waals surface area contributed by atoms with E-state index in [0.29, 0.717) is 6.54 Å². The summed E-state index contributed by atoms with van der Waals surface area (Å²) < 4.78 is 7.77. The zero-order chi connectivity index (χ0) is 20.6. The summed E-state index contributed by atoms with van der Waals surface area (Å²) in [6.07, 6.45) is 8.31. The van der Waals surface area contributed by atoms with Gasteiger partial charge in [0.2, 0.25) is 0 Å². The van der Waals surface area contributed by atoms with Crippen LogP contribution in [0.25, 0.3) is 5.65 Å². The largest absolute Gasteiger partial charge is 0.468 e. The number of aliphatic imine (C=N–C) groups is 1. The minimum absolute atomic E-state index is 0.177. The molecule has 4 heterocycles. The molecule has 1 fully saturated rings. The minimum Gasteiger partial charge on any atom is -0.468 e. The molecule has 3 aromatic heterocycles. The lowest BCUT2D eigenvalue weighted by molar-refractivity contribution is 0.150. The number of aromatic nitrogens is 3. The summed E-state index contributed by atoms with van der Waals surface area (Å²) in [5, 5.41) is 15.3. The third-order valence-corrected chi connectivity index (χ3v) is 5.49. The van der Waals surface area contributed by atoms with E-state index in [1.165, 1.54) is 19.3 Å². The molecule has 1 unspecified atom stereocenters. The van der Waals surface area contributed by atoms with Crippen LogP contribution < -0.4 is 10.6 Å². The first-order valence-electron chi connectivity index (χ1n) is 10.9. The molecular formula is C22H31N7O. The highest BCUT2D eigenvalue weighted by atomic mass is 16.3. The van der Waals surface area contributed by atoms with Crippen LogP contribution in [0.2, 0.25) is 0 Å². The number of nitrogens with zero attached hydrogens (tertiary/aromatic N) is 5. The summed E-state index contributed by atoms with van der Waals surface area (Å²) in [6, 6.07) is 10.1. The number of hydrogen-bond donors (Lipinski definition) is 2. The van der Waals surface area contributed by atoms with E-state index in [9.17, 15) is 0 Å². The van der Waals surface area contributed by atoms with Gasteiger partial charge in [-0.1, -0.05) is 12.5 Å². The molecule has 1 aliphatic heterocycles. The standard InChI is InChI=1S/C22H31N7O/c1-2-23-22(24-12-11-21-27-26-20-10-4-7-15-29(20)21)25-17-18(19-9-8-16-30-19)28-13-5-3-6-14-28/h4,7-10,15-16,18H,2-3,5-6,11-14,17H2,1H3,(H2,23,24,25). The van der Waals surface area contributed by atoms with E-state index in [1.54, 1.807) is 6.26 Å². The number of pyridine rings is 1. The fourth-order valence-electron chi connectivity index (χ4n) is 3.97. The molecule has 0 aromatic carbocycles. The van der Waals surface area contributed by atoms with Crippen molar-refractivity contribution < 1.29 is 4.42 Å². The van der Waals surface area contributed by atoms with Crippen LogP contribution in [0.4, 0.5) is 0 Å². The Bertz CT molecular complexity index is 928. The quantitative estimate of drug-likeness (QED) is 0.440. The van der Waals surface area contributed by atoms with Gasteiger partial charge in [-0.2, -0.15) is 0 Å². The van der Waals surface area contributed by atoms with Crippen LogP contribution in [-0.2, 0) is 6.42 Å². The van der Waals surface area contributed by atoms with Gasteiger partial charge in [0.25, 0.3) is 0 Å². The number of fused-ring (bicyclic) bond motifs is 1. The lowest BCUT2D eigenvalue weighted by Gasteiger charge is -2.32. The number of piperidine rings is 1. The van der Waals surface area contributed by atoms with E-state index in [2.05, 4.69) is 38.7 Å². The second-order valence-corrected chi connectivity index (χ2v) is 7.57. The van der Waals surface area contributed by atoms with E-state index >= 15 is 0 Å². The van der Waals surface area contributed by atoms with E-state index in [0.717, 1.165) is 55.8 Å². The predicted octanol–water partition coefficient (Wildman–Crippen LogP) is 2.65. The van der Waals surface area contributed by atoms with Crippen LogP contribution in [0.3, 0.4) is 0 Å². The molecule has 8 heteroatoms. The highest BCUT2D eigenvalue weighted by molar-refractivity contribution is 5.79. The molecule has 1 aliphatic rings. The van der Waals surface area contributed by atoms with Crippen molar-refractivity contribution in [3.63, 3.8) is 0 Å². The SMILES string of the molecule is CCNC(=NCC(c1ccco1)N1CCCCC1)NCCc1nnc2ccccn12. The van der Waals surface area contributed by atoms with E-state index in [4.69, 9.17) is 9.41 Å². The number of furan rings is 1. The first-order valence-corrected chi connectivity index (χ1v) is 10.9. The van der Waals surface area contributed by atoms with Gasteiger partial charge in [-0.15, -0.1) is 10.2 Å². The topological polar surface area (TPSA) is 83.0 Å². The van der Waals surface area contributed by atoms with Crippen LogP contribution in [-0.4, -0.2) is 58.2 Å². The monoisotopic (exact) mass is 409 g/mol. The molecule has 0 spiro atoms. The van der Waals surface area contributed by atoms with Crippen molar-refractivity contribution in [3.8, 4) is 0 Å². The second kappa shape index (κ2) is 10.2. The number of guanidine groups is 1. The van der Waals surface area contributed by atoms with E-state index in [1.807, 2.05) is 34.9 Å². The molecule has 4 rings (SSSR count). The summed E-state index contributed by atoms with van der Waals surface area (Å²) >= 11 is 0. The molecule has 0 amide bonds. The second-order valence-electron chi connectivity index (χ2n) is 7.57. The van der Waals surface area contributed by atoms with Gasteiger partial charge >= 0.3 is 0 Å². The van der Waals surface area contributed by atoms with Crippen molar-refractivity contribution in [3.05, 3.63) is 54.4 Å². The van der Waals surface area contributed by atoms with Gasteiger partial charge in [-0.05, 0) is 57.1 Å². The Morgan fingerprint density at radius 2 is 2.03 bits per heavy atom. The molecule has 2 N–H and O–H groups in total. The van der Waals surface area contributed by atoms with Crippen LogP contribution in [0.1, 0.15) is 43.8 Å². The van der Waals surface area contributed by atoms with Gasteiger partial charge in [-0.3, -0.25) is 14.3 Å². The Labute approximate surface area is 177 Å². The van der Waals surface area contributed by atoms with E-state index < -0.39 is 0 Å². The molecule has 8 nitrogen and oxygen atoms in total. The summed E-state index contributed by atoms with van der Waals surface area (Å²) in [5.41, 5.74) is 0.871. The van der Waals surface area contributed by atoms with Crippen molar-refractivity contribution in [2.24, 2.45) is 4.99 Å². The maximum Gasteiger partial charge on any atom is 0.191 e. The number of rotatable bonds is 8. The van der Waals surface area contributed by atoms with Crippen molar-refractivity contribution >= 4 is 11.6 Å². The molecular weight excluding hydrogens is 378 g/mol. The summed E-state index contributed by atoms with van der Waals surface area (Å²) in [4.78, 5) is 7.37. The molecule has 0 saturated carbocycles. The molecule has 1 saturated heterocycles. The Morgan fingerprint density at radius 3 is 2.83 bits per heavy atom. The minimum atomic E-state index is 0.177. The number of hydrogen-bond acceptors (Lipinski definition) is 5. The average Bonchev–Trinajstić information content (AvgIpc) is 3.45. The maximum absolute atomic E-state index is 5.74. The van der Waals surface area contributed by atoms with Gasteiger partial charge in [0.15, 0.2) is 11.6 Å². The normalized spacial score (nSPS) is 16.6. The number of nitrogens with one attached hydrogen (secondary N) is 2. The molecule has 0 bridgehead atoms. The van der Waals surface area contributed by atoms with Crippen molar-refractivity contribution in [1.29, 1.82) is 0 Å².